The molecule has 74 valence electrons. The van der Waals surface area contributed by atoms with E-state index < -0.39 is 19.1 Å². The molecule has 0 unspecified atom stereocenters. The van der Waals surface area contributed by atoms with E-state index in [0.717, 1.165) is 0 Å². The normalized spacial score (nSPS) is 11.7. The van der Waals surface area contributed by atoms with E-state index in [-0.39, 0.29) is 0 Å². The second-order valence-electron chi connectivity index (χ2n) is 2.73. The molecular weight excluding hydrogens is 180 g/mol. The number of anilines is 1. The third-order valence-electron chi connectivity index (χ3n) is 1.56. The van der Waals surface area contributed by atoms with Crippen LogP contribution in [-0.2, 0) is 7.05 Å². The van der Waals surface area contributed by atoms with Crippen molar-refractivity contribution in [2.45, 2.75) is 5.92 Å². The first-order valence-corrected chi connectivity index (χ1v) is 3.75. The molecule has 0 amide bonds. The molecule has 0 aromatic carbocycles. The fourth-order valence-corrected chi connectivity index (χ4v) is 0.800. The van der Waals surface area contributed by atoms with Gasteiger partial charge in [0.05, 0.1) is 6.54 Å². The highest BCUT2D eigenvalue weighted by atomic mass is 19.3. The zero-order chi connectivity index (χ0) is 9.90. The van der Waals surface area contributed by atoms with Crippen molar-refractivity contribution >= 4 is 5.95 Å². The molecule has 0 bridgehead atoms. The highest BCUT2D eigenvalue weighted by molar-refractivity contribution is 5.25. The molecule has 0 fully saturated rings. The summed E-state index contributed by atoms with van der Waals surface area (Å²) >= 11 is 0. The van der Waals surface area contributed by atoms with Crippen LogP contribution in [0.15, 0.2) is 12.4 Å². The zero-order valence-electron chi connectivity index (χ0n) is 7.17. The van der Waals surface area contributed by atoms with E-state index >= 15 is 0 Å². The molecule has 0 spiro atoms. The van der Waals surface area contributed by atoms with Crippen LogP contribution in [0.25, 0.3) is 0 Å². The number of imidazole rings is 1. The number of halogens is 2. The van der Waals surface area contributed by atoms with Crippen LogP contribution in [0.4, 0.5) is 14.7 Å². The lowest BCUT2D eigenvalue weighted by molar-refractivity contribution is -0.0374. The van der Waals surface area contributed by atoms with Crippen molar-refractivity contribution in [1.82, 2.24) is 9.55 Å². The van der Waals surface area contributed by atoms with Crippen LogP contribution in [0.3, 0.4) is 0 Å². The third kappa shape index (κ3) is 2.66. The summed E-state index contributed by atoms with van der Waals surface area (Å²) in [6.07, 6.45) is 3.14. The van der Waals surface area contributed by atoms with Gasteiger partial charge in [-0.25, -0.2) is 13.8 Å². The summed E-state index contributed by atoms with van der Waals surface area (Å²) in [6, 6.07) is 0. The summed E-state index contributed by atoms with van der Waals surface area (Å²) < 4.78 is 26.6. The first-order valence-electron chi connectivity index (χ1n) is 3.75. The molecule has 2 N–H and O–H groups in total. The van der Waals surface area contributed by atoms with E-state index in [4.69, 9.17) is 5.11 Å². The molecule has 6 heteroatoms. The molecular formula is C7H11F2N3O. The van der Waals surface area contributed by atoms with Gasteiger partial charge >= 0.3 is 0 Å². The lowest BCUT2D eigenvalue weighted by Crippen LogP contribution is -2.31. The predicted octanol–water partition coefficient (Wildman–Crippen LogP) is 0.460. The summed E-state index contributed by atoms with van der Waals surface area (Å²) in [7, 11) is 1.69. The van der Waals surface area contributed by atoms with Crippen molar-refractivity contribution < 1.29 is 13.9 Å². The average Bonchev–Trinajstić information content (AvgIpc) is 2.48. The van der Waals surface area contributed by atoms with Gasteiger partial charge in [0, 0.05) is 19.4 Å². The number of alkyl halides is 2. The van der Waals surface area contributed by atoms with Gasteiger partial charge < -0.3 is 15.0 Å². The first-order chi connectivity index (χ1) is 6.05. The Morgan fingerprint density at radius 3 is 2.85 bits per heavy atom. The molecule has 0 saturated carbocycles. The molecule has 1 heterocycles. The van der Waals surface area contributed by atoms with Gasteiger partial charge in [-0.15, -0.1) is 0 Å². The van der Waals surface area contributed by atoms with E-state index in [2.05, 4.69) is 10.3 Å². The number of aryl methyl sites for hydroxylation is 1. The van der Waals surface area contributed by atoms with Crippen molar-refractivity contribution in [1.29, 1.82) is 0 Å². The molecule has 1 rings (SSSR count). The lowest BCUT2D eigenvalue weighted by atomic mass is 10.3. The van der Waals surface area contributed by atoms with E-state index in [0.29, 0.717) is 5.95 Å². The van der Waals surface area contributed by atoms with E-state index in [1.807, 2.05) is 0 Å². The third-order valence-corrected chi connectivity index (χ3v) is 1.56. The topological polar surface area (TPSA) is 50.1 Å². The number of aromatic nitrogens is 2. The minimum absolute atomic E-state index is 0.355. The monoisotopic (exact) mass is 191 g/mol. The van der Waals surface area contributed by atoms with Crippen LogP contribution in [0, 0.1) is 0 Å². The van der Waals surface area contributed by atoms with Crippen LogP contribution in [0.5, 0.6) is 0 Å². The van der Waals surface area contributed by atoms with E-state index in [1.165, 1.54) is 6.20 Å². The smallest absolute Gasteiger partial charge is 0.287 e. The Kier molecular flexibility index (Phi) is 2.82. The van der Waals surface area contributed by atoms with Crippen LogP contribution in [-0.4, -0.2) is 33.7 Å². The lowest BCUT2D eigenvalue weighted by Gasteiger charge is -2.14. The summed E-state index contributed by atoms with van der Waals surface area (Å²) in [5.74, 6) is -2.75. The molecule has 0 saturated heterocycles. The summed E-state index contributed by atoms with van der Waals surface area (Å²) in [5.41, 5.74) is 0. The minimum Gasteiger partial charge on any atom is -0.390 e. The summed E-state index contributed by atoms with van der Waals surface area (Å²) in [4.78, 5) is 3.79. The van der Waals surface area contributed by atoms with Crippen LogP contribution >= 0.6 is 0 Å². The fourth-order valence-electron chi connectivity index (χ4n) is 0.800. The number of nitrogens with zero attached hydrogens (tertiary/aromatic N) is 2. The van der Waals surface area contributed by atoms with Crippen LogP contribution < -0.4 is 5.32 Å². The molecule has 0 atom stereocenters. The highest BCUT2D eigenvalue weighted by Gasteiger charge is 2.27. The fraction of sp³-hybridized carbons (Fsp3) is 0.571. The molecule has 0 aliphatic carbocycles. The first kappa shape index (κ1) is 9.91. The Hall–Kier alpha value is -1.17. The van der Waals surface area contributed by atoms with Crippen LogP contribution in [0.2, 0.25) is 0 Å². The molecule has 1 aromatic heterocycles. The summed E-state index contributed by atoms with van der Waals surface area (Å²) in [6.45, 7) is -1.78. The van der Waals surface area contributed by atoms with Crippen molar-refractivity contribution in [2.24, 2.45) is 7.05 Å². The van der Waals surface area contributed by atoms with Gasteiger partial charge in [0.25, 0.3) is 5.92 Å². The predicted molar refractivity (Wildman–Crippen MR) is 43.7 cm³/mol. The SMILES string of the molecule is Cn1ccnc1NCC(F)(F)CO. The molecule has 0 aliphatic rings. The van der Waals surface area contributed by atoms with E-state index in [1.54, 1.807) is 17.8 Å². The zero-order valence-corrected chi connectivity index (χ0v) is 7.17. The minimum atomic E-state index is -3.11. The van der Waals surface area contributed by atoms with Gasteiger partial charge in [-0.1, -0.05) is 0 Å². The maximum atomic E-state index is 12.5. The Morgan fingerprint density at radius 2 is 2.38 bits per heavy atom. The van der Waals surface area contributed by atoms with Crippen molar-refractivity contribution in [3.63, 3.8) is 0 Å². The molecule has 1 aromatic rings. The van der Waals surface area contributed by atoms with Gasteiger partial charge in [0.2, 0.25) is 5.95 Å². The van der Waals surface area contributed by atoms with Gasteiger partial charge in [0.1, 0.15) is 6.61 Å². The Labute approximate surface area is 74.2 Å². The average molecular weight is 191 g/mol. The van der Waals surface area contributed by atoms with Gasteiger partial charge in [-0.3, -0.25) is 0 Å². The Morgan fingerprint density at radius 1 is 1.69 bits per heavy atom. The Balaban J connectivity index is 2.48. The van der Waals surface area contributed by atoms with E-state index in [9.17, 15) is 8.78 Å². The van der Waals surface area contributed by atoms with Crippen molar-refractivity contribution in [3.05, 3.63) is 12.4 Å². The maximum absolute atomic E-state index is 12.5. The second kappa shape index (κ2) is 3.69. The number of rotatable bonds is 4. The highest BCUT2D eigenvalue weighted by Crippen LogP contribution is 2.12. The van der Waals surface area contributed by atoms with Gasteiger partial charge in [0.15, 0.2) is 0 Å². The molecule has 4 nitrogen and oxygen atoms in total. The Bertz CT molecular complexity index is 274. The molecule has 0 aliphatic heterocycles. The summed E-state index contributed by atoms with van der Waals surface area (Å²) in [5, 5.41) is 10.7. The number of aliphatic hydroxyl groups excluding tert-OH is 1. The number of hydrogen-bond acceptors (Lipinski definition) is 3. The number of nitrogens with one attached hydrogen (secondary N) is 1. The molecule has 0 radical (unpaired) electrons. The van der Waals surface area contributed by atoms with Gasteiger partial charge in [-0.2, -0.15) is 0 Å². The van der Waals surface area contributed by atoms with Crippen LogP contribution in [0.1, 0.15) is 0 Å². The number of hydrogen-bond donors (Lipinski definition) is 2. The molecule has 13 heavy (non-hydrogen) atoms. The van der Waals surface area contributed by atoms with Gasteiger partial charge in [-0.05, 0) is 0 Å². The second-order valence-corrected chi connectivity index (χ2v) is 2.73. The largest absolute Gasteiger partial charge is 0.390 e. The van der Waals surface area contributed by atoms with Crippen molar-refractivity contribution in [3.8, 4) is 0 Å². The standard InChI is InChI=1S/C7H11F2N3O/c1-12-3-2-10-6(12)11-4-7(8,9)5-13/h2-3,13H,4-5H2,1H3,(H,10,11). The maximum Gasteiger partial charge on any atom is 0.287 e. The quantitative estimate of drug-likeness (QED) is 0.726. The number of aliphatic hydroxyl groups is 1. The van der Waals surface area contributed by atoms with Crippen molar-refractivity contribution in [2.75, 3.05) is 18.5 Å².